The number of para-hydroxylation sites is 1. The quantitative estimate of drug-likeness (QED) is 0.604. The van der Waals surface area contributed by atoms with Gasteiger partial charge in [-0.15, -0.1) is 0 Å². The van der Waals surface area contributed by atoms with Crippen molar-refractivity contribution in [3.8, 4) is 5.75 Å². The fraction of sp³-hybridized carbons (Fsp3) is 0.400. The highest BCUT2D eigenvalue weighted by Gasteiger charge is 2.61. The van der Waals surface area contributed by atoms with E-state index in [0.29, 0.717) is 24.2 Å². The van der Waals surface area contributed by atoms with Crippen LogP contribution in [-0.4, -0.2) is 30.2 Å². The van der Waals surface area contributed by atoms with E-state index in [1.807, 2.05) is 0 Å². The molecule has 0 bridgehead atoms. The Morgan fingerprint density at radius 2 is 2.10 bits per heavy atom. The highest BCUT2D eigenvalue weighted by Crippen LogP contribution is 2.44. The molecule has 20 heavy (non-hydrogen) atoms. The van der Waals surface area contributed by atoms with Crippen LogP contribution in [0.15, 0.2) is 24.3 Å². The van der Waals surface area contributed by atoms with Crippen molar-refractivity contribution in [3.63, 3.8) is 0 Å². The summed E-state index contributed by atoms with van der Waals surface area (Å²) in [5, 5.41) is 0. The third-order valence-electron chi connectivity index (χ3n) is 4.05. The minimum atomic E-state index is -1.69. The van der Waals surface area contributed by atoms with Crippen LogP contribution >= 0.6 is 0 Å². The first kappa shape index (κ1) is 12.8. The number of hydrogen-bond donors (Lipinski definition) is 0. The lowest BCUT2D eigenvalue weighted by Crippen LogP contribution is -2.54. The number of carbonyl (C=O) groups excluding carboxylic acids is 3. The van der Waals surface area contributed by atoms with Gasteiger partial charge in [0.25, 0.3) is 5.60 Å². The molecule has 0 spiro atoms. The van der Waals surface area contributed by atoms with Gasteiger partial charge >= 0.3 is 5.97 Å². The standard InChI is InChI=1S/C15H14O5/c1-19-14(18)15(9-6-7-10(16)8-9)13(17)11-4-2-3-5-12(11)20-15/h2-5,9H,6-8H2,1H3/t9?,15-/m0/s1. The van der Waals surface area contributed by atoms with E-state index in [0.717, 1.165) is 0 Å². The first-order chi connectivity index (χ1) is 9.59. The number of benzene rings is 1. The molecular formula is C15H14O5. The molecule has 0 N–H and O–H groups in total. The number of esters is 1. The number of ketones is 2. The Hall–Kier alpha value is -2.17. The van der Waals surface area contributed by atoms with Gasteiger partial charge in [-0.05, 0) is 18.6 Å². The minimum Gasteiger partial charge on any atom is -0.466 e. The van der Waals surface area contributed by atoms with Gasteiger partial charge in [0.1, 0.15) is 11.5 Å². The largest absolute Gasteiger partial charge is 0.466 e. The summed E-state index contributed by atoms with van der Waals surface area (Å²) in [6.07, 6.45) is 1.01. The SMILES string of the molecule is COC(=O)[C@@]1(C2CCC(=O)C2)Oc2ccccc2C1=O. The van der Waals surface area contributed by atoms with Gasteiger partial charge in [-0.1, -0.05) is 12.1 Å². The molecule has 5 nitrogen and oxygen atoms in total. The number of fused-ring (bicyclic) bond motifs is 1. The van der Waals surface area contributed by atoms with Crippen LogP contribution in [0.5, 0.6) is 5.75 Å². The van der Waals surface area contributed by atoms with Gasteiger partial charge in [0, 0.05) is 18.8 Å². The van der Waals surface area contributed by atoms with Crippen LogP contribution in [0, 0.1) is 5.92 Å². The molecule has 1 unspecified atom stereocenters. The number of ether oxygens (including phenoxy) is 2. The van der Waals surface area contributed by atoms with Crippen LogP contribution in [0.2, 0.25) is 0 Å². The van der Waals surface area contributed by atoms with Crippen LogP contribution < -0.4 is 4.74 Å². The molecule has 0 saturated heterocycles. The molecule has 1 aliphatic carbocycles. The van der Waals surface area contributed by atoms with Crippen LogP contribution in [0.1, 0.15) is 29.6 Å². The first-order valence-electron chi connectivity index (χ1n) is 6.52. The predicted octanol–water partition coefficient (Wildman–Crippen LogP) is 1.54. The summed E-state index contributed by atoms with van der Waals surface area (Å²) < 4.78 is 10.5. The molecule has 1 aromatic carbocycles. The van der Waals surface area contributed by atoms with E-state index in [4.69, 9.17) is 9.47 Å². The second-order valence-corrected chi connectivity index (χ2v) is 5.13. The summed E-state index contributed by atoms with van der Waals surface area (Å²) in [5.41, 5.74) is -1.32. The Morgan fingerprint density at radius 1 is 1.35 bits per heavy atom. The molecule has 0 aromatic heterocycles. The lowest BCUT2D eigenvalue weighted by molar-refractivity contribution is -0.157. The van der Waals surface area contributed by atoms with E-state index in [2.05, 4.69) is 0 Å². The molecule has 3 rings (SSSR count). The van der Waals surface area contributed by atoms with Crippen molar-refractivity contribution in [2.24, 2.45) is 5.92 Å². The Balaban J connectivity index is 2.08. The normalized spacial score (nSPS) is 28.1. The van der Waals surface area contributed by atoms with E-state index < -0.39 is 23.3 Å². The van der Waals surface area contributed by atoms with E-state index in [1.54, 1.807) is 24.3 Å². The zero-order valence-electron chi connectivity index (χ0n) is 11.0. The summed E-state index contributed by atoms with van der Waals surface area (Å²) in [7, 11) is 1.22. The molecule has 1 heterocycles. The van der Waals surface area contributed by atoms with Gasteiger partial charge < -0.3 is 9.47 Å². The van der Waals surface area contributed by atoms with Gasteiger partial charge in [-0.2, -0.15) is 0 Å². The minimum absolute atomic E-state index is 0.0469. The van der Waals surface area contributed by atoms with E-state index in [-0.39, 0.29) is 12.2 Å². The maximum atomic E-state index is 12.7. The number of carbonyl (C=O) groups is 3. The van der Waals surface area contributed by atoms with Gasteiger partial charge in [0.15, 0.2) is 0 Å². The van der Waals surface area contributed by atoms with Gasteiger partial charge in [0.2, 0.25) is 5.78 Å². The van der Waals surface area contributed by atoms with E-state index in [1.165, 1.54) is 7.11 Å². The van der Waals surface area contributed by atoms with Crippen molar-refractivity contribution in [2.45, 2.75) is 24.9 Å². The van der Waals surface area contributed by atoms with Gasteiger partial charge in [-0.3, -0.25) is 9.59 Å². The maximum Gasteiger partial charge on any atom is 0.358 e. The van der Waals surface area contributed by atoms with Crippen molar-refractivity contribution in [2.75, 3.05) is 7.11 Å². The third-order valence-corrected chi connectivity index (χ3v) is 4.05. The van der Waals surface area contributed by atoms with Crippen molar-refractivity contribution < 1.29 is 23.9 Å². The molecule has 5 heteroatoms. The first-order valence-corrected chi connectivity index (χ1v) is 6.52. The monoisotopic (exact) mass is 274 g/mol. The summed E-state index contributed by atoms with van der Waals surface area (Å²) in [5.74, 6) is -1.16. The second kappa shape index (κ2) is 4.44. The molecule has 1 fully saturated rings. The van der Waals surface area contributed by atoms with Crippen molar-refractivity contribution >= 4 is 17.5 Å². The van der Waals surface area contributed by atoms with E-state index in [9.17, 15) is 14.4 Å². The molecule has 0 amide bonds. The molecule has 1 saturated carbocycles. The summed E-state index contributed by atoms with van der Waals surface area (Å²) in [6, 6.07) is 6.72. The second-order valence-electron chi connectivity index (χ2n) is 5.13. The average Bonchev–Trinajstić information content (AvgIpc) is 3.01. The molecule has 2 aliphatic rings. The highest BCUT2D eigenvalue weighted by molar-refractivity contribution is 6.19. The molecular weight excluding hydrogens is 260 g/mol. The Morgan fingerprint density at radius 3 is 2.70 bits per heavy atom. The fourth-order valence-corrected chi connectivity index (χ4v) is 3.05. The molecule has 1 aromatic rings. The third kappa shape index (κ3) is 1.59. The molecule has 1 aliphatic heterocycles. The topological polar surface area (TPSA) is 69.7 Å². The number of rotatable bonds is 2. The Kier molecular flexibility index (Phi) is 2.85. The Labute approximate surface area is 115 Å². The molecule has 2 atom stereocenters. The number of Topliss-reactive ketones (excluding diaryl/α,β-unsaturated/α-hetero) is 2. The number of methoxy groups -OCH3 is 1. The van der Waals surface area contributed by atoms with Crippen LogP contribution in [-0.2, 0) is 14.3 Å². The Bertz CT molecular complexity index is 606. The van der Waals surface area contributed by atoms with Gasteiger partial charge in [-0.25, -0.2) is 4.79 Å². The van der Waals surface area contributed by atoms with Crippen molar-refractivity contribution in [1.82, 2.24) is 0 Å². The lowest BCUT2D eigenvalue weighted by Gasteiger charge is -2.29. The summed E-state index contributed by atoms with van der Waals surface area (Å²) >= 11 is 0. The van der Waals surface area contributed by atoms with Gasteiger partial charge in [0.05, 0.1) is 12.7 Å². The van der Waals surface area contributed by atoms with Crippen LogP contribution in [0.4, 0.5) is 0 Å². The fourth-order valence-electron chi connectivity index (χ4n) is 3.05. The molecule has 0 radical (unpaired) electrons. The van der Waals surface area contributed by atoms with Crippen molar-refractivity contribution in [3.05, 3.63) is 29.8 Å². The summed E-state index contributed by atoms with van der Waals surface area (Å²) in [6.45, 7) is 0. The lowest BCUT2D eigenvalue weighted by atomic mass is 9.81. The highest BCUT2D eigenvalue weighted by atomic mass is 16.6. The zero-order valence-corrected chi connectivity index (χ0v) is 11.0. The van der Waals surface area contributed by atoms with E-state index >= 15 is 0 Å². The zero-order chi connectivity index (χ0) is 14.3. The summed E-state index contributed by atoms with van der Waals surface area (Å²) in [4.78, 5) is 36.4. The molecule has 104 valence electrons. The average molecular weight is 274 g/mol. The van der Waals surface area contributed by atoms with Crippen LogP contribution in [0.25, 0.3) is 0 Å². The van der Waals surface area contributed by atoms with Crippen molar-refractivity contribution in [1.29, 1.82) is 0 Å². The maximum absolute atomic E-state index is 12.7. The van der Waals surface area contributed by atoms with Crippen LogP contribution in [0.3, 0.4) is 0 Å². The number of hydrogen-bond acceptors (Lipinski definition) is 5. The smallest absolute Gasteiger partial charge is 0.358 e. The predicted molar refractivity (Wildman–Crippen MR) is 68.5 cm³/mol.